The molecule has 0 bridgehead atoms. The predicted octanol–water partition coefficient (Wildman–Crippen LogP) is 4.13. The van der Waals surface area contributed by atoms with E-state index in [2.05, 4.69) is 29.9 Å². The molecule has 0 spiro atoms. The van der Waals surface area contributed by atoms with Gasteiger partial charge in [-0.15, -0.1) is 10.2 Å². The number of para-hydroxylation sites is 1. The van der Waals surface area contributed by atoms with Gasteiger partial charge < -0.3 is 14.2 Å². The fourth-order valence-corrected chi connectivity index (χ4v) is 4.80. The molecule has 39 heavy (non-hydrogen) atoms. The Labute approximate surface area is 229 Å². The van der Waals surface area contributed by atoms with Gasteiger partial charge in [-0.3, -0.25) is 14.3 Å². The number of hydrogen-bond donors (Lipinski definition) is 1. The van der Waals surface area contributed by atoms with Crippen LogP contribution in [0, 0.1) is 6.92 Å². The molecule has 0 aliphatic heterocycles. The van der Waals surface area contributed by atoms with Crippen molar-refractivity contribution in [1.82, 2.24) is 24.7 Å². The molecule has 2 atom stereocenters. The molecule has 0 saturated carbocycles. The Hall–Kier alpha value is -3.84. The number of benzene rings is 1. The van der Waals surface area contributed by atoms with Crippen LogP contribution in [0.3, 0.4) is 0 Å². The maximum absolute atomic E-state index is 13.8. The summed E-state index contributed by atoms with van der Waals surface area (Å²) < 4.78 is 48.9. The van der Waals surface area contributed by atoms with E-state index in [1.807, 2.05) is 20.8 Å². The number of aromatic nitrogens is 5. The number of nitrogens with zero attached hydrogens (tertiary/aromatic N) is 6. The molecule has 3 rings (SSSR count). The van der Waals surface area contributed by atoms with Crippen molar-refractivity contribution in [1.29, 1.82) is 0 Å². The molecular formula is C26H35N7O5S. The van der Waals surface area contributed by atoms with E-state index in [9.17, 15) is 8.42 Å². The molecule has 3 aromatic rings. The summed E-state index contributed by atoms with van der Waals surface area (Å²) in [4.78, 5) is 12.8. The van der Waals surface area contributed by atoms with E-state index in [-0.39, 0.29) is 17.9 Å². The highest BCUT2D eigenvalue weighted by molar-refractivity contribution is 7.93. The lowest BCUT2D eigenvalue weighted by Crippen LogP contribution is -2.35. The largest absolute Gasteiger partial charge is 0.494 e. The lowest BCUT2D eigenvalue weighted by Gasteiger charge is -2.25. The molecule has 2 aromatic heterocycles. The van der Waals surface area contributed by atoms with Gasteiger partial charge in [-0.1, -0.05) is 6.07 Å². The summed E-state index contributed by atoms with van der Waals surface area (Å²) >= 11 is 0. The number of allylic oxidation sites excluding steroid dienone is 1. The van der Waals surface area contributed by atoms with E-state index in [0.29, 0.717) is 28.6 Å². The summed E-state index contributed by atoms with van der Waals surface area (Å²) in [7, 11) is -1.11. The number of methoxy groups -OCH3 is 2. The van der Waals surface area contributed by atoms with Crippen LogP contribution in [-0.4, -0.2) is 64.9 Å². The molecule has 210 valence electrons. The number of aliphatic imine (C=N–C) groups is 1. The molecule has 2 heterocycles. The van der Waals surface area contributed by atoms with E-state index in [4.69, 9.17) is 14.2 Å². The third kappa shape index (κ3) is 6.79. The zero-order valence-corrected chi connectivity index (χ0v) is 24.2. The summed E-state index contributed by atoms with van der Waals surface area (Å²) in [6.07, 6.45) is 5.25. The van der Waals surface area contributed by atoms with Gasteiger partial charge in [0.15, 0.2) is 11.6 Å². The smallest absolute Gasteiger partial charge is 0.243 e. The van der Waals surface area contributed by atoms with Crippen LogP contribution in [0.2, 0.25) is 0 Å². The van der Waals surface area contributed by atoms with E-state index < -0.39 is 21.4 Å². The summed E-state index contributed by atoms with van der Waals surface area (Å²) in [5.74, 6) is 1.37. The molecule has 0 unspecified atom stereocenters. The Bertz CT molecular complexity index is 1410. The van der Waals surface area contributed by atoms with E-state index in [1.54, 1.807) is 56.9 Å². The topological polar surface area (TPSA) is 143 Å². The first-order valence-corrected chi connectivity index (χ1v) is 13.9. The highest BCUT2D eigenvalue weighted by atomic mass is 32.2. The zero-order valence-electron chi connectivity index (χ0n) is 23.4. The van der Waals surface area contributed by atoms with Crippen LogP contribution in [0.5, 0.6) is 11.5 Å². The van der Waals surface area contributed by atoms with E-state index >= 15 is 0 Å². The average molecular weight is 558 g/mol. The summed E-state index contributed by atoms with van der Waals surface area (Å²) in [6.45, 7) is 10.6. The molecular weight excluding hydrogens is 522 g/mol. The van der Waals surface area contributed by atoms with Crippen molar-refractivity contribution in [2.75, 3.05) is 18.9 Å². The first-order valence-electron chi connectivity index (χ1n) is 12.3. The number of aryl methyl sites for hydroxylation is 1. The van der Waals surface area contributed by atoms with Crippen molar-refractivity contribution in [3.8, 4) is 17.2 Å². The van der Waals surface area contributed by atoms with Gasteiger partial charge in [0.1, 0.15) is 28.5 Å². The minimum absolute atomic E-state index is 0.0685. The first kappa shape index (κ1) is 29.7. The highest BCUT2D eigenvalue weighted by Crippen LogP contribution is 2.37. The molecule has 12 nitrogen and oxygen atoms in total. The molecule has 0 amide bonds. The van der Waals surface area contributed by atoms with Crippen LogP contribution in [0.25, 0.3) is 11.3 Å². The minimum atomic E-state index is -4.12. The SMILES string of the molecule is C/C=N\C=C(/C)c1nnc(NS(=O)(=O)[C@H](C)[C@@H](OC(C)C)c2ncc(C)cn2)n1-c1c(OC)cccc1OC. The van der Waals surface area contributed by atoms with Crippen molar-refractivity contribution in [2.45, 2.75) is 59.0 Å². The van der Waals surface area contributed by atoms with Gasteiger partial charge >= 0.3 is 0 Å². The van der Waals surface area contributed by atoms with Crippen LogP contribution in [-0.2, 0) is 14.8 Å². The van der Waals surface area contributed by atoms with Crippen molar-refractivity contribution in [3.05, 3.63) is 54.0 Å². The maximum atomic E-state index is 13.8. The van der Waals surface area contributed by atoms with Gasteiger partial charge in [-0.2, -0.15) is 0 Å². The van der Waals surface area contributed by atoms with Gasteiger partial charge in [-0.05, 0) is 59.2 Å². The van der Waals surface area contributed by atoms with E-state index in [1.165, 1.54) is 25.7 Å². The number of sulfonamides is 1. The minimum Gasteiger partial charge on any atom is -0.494 e. The van der Waals surface area contributed by atoms with Gasteiger partial charge in [0.2, 0.25) is 16.0 Å². The zero-order chi connectivity index (χ0) is 28.7. The Balaban J connectivity index is 2.16. The molecule has 0 fully saturated rings. The molecule has 1 N–H and O–H groups in total. The maximum Gasteiger partial charge on any atom is 0.243 e. The van der Waals surface area contributed by atoms with Crippen molar-refractivity contribution >= 4 is 27.8 Å². The second-order valence-electron chi connectivity index (χ2n) is 8.99. The average Bonchev–Trinajstić information content (AvgIpc) is 3.32. The lowest BCUT2D eigenvalue weighted by atomic mass is 10.2. The van der Waals surface area contributed by atoms with Gasteiger partial charge in [0.25, 0.3) is 0 Å². The van der Waals surface area contributed by atoms with Gasteiger partial charge in [-0.25, -0.2) is 18.4 Å². The van der Waals surface area contributed by atoms with Crippen LogP contribution < -0.4 is 14.2 Å². The summed E-state index contributed by atoms with van der Waals surface area (Å²) in [5, 5.41) is 7.37. The Morgan fingerprint density at radius 1 is 1.08 bits per heavy atom. The quantitative estimate of drug-likeness (QED) is 0.325. The molecule has 0 aliphatic carbocycles. The Morgan fingerprint density at radius 3 is 2.23 bits per heavy atom. The van der Waals surface area contributed by atoms with E-state index in [0.717, 1.165) is 5.56 Å². The summed E-state index contributed by atoms with van der Waals surface area (Å²) in [5.41, 5.74) is 1.89. The Morgan fingerprint density at radius 2 is 1.69 bits per heavy atom. The second kappa shape index (κ2) is 12.8. The van der Waals surface area contributed by atoms with Crippen LogP contribution in [0.4, 0.5) is 5.95 Å². The molecule has 0 saturated heterocycles. The van der Waals surface area contributed by atoms with Crippen LogP contribution >= 0.6 is 0 Å². The molecule has 0 radical (unpaired) electrons. The third-order valence-electron chi connectivity index (χ3n) is 5.68. The number of rotatable bonds is 12. The number of nitrogens with one attached hydrogen (secondary N) is 1. The van der Waals surface area contributed by atoms with Gasteiger partial charge in [0.05, 0.1) is 20.3 Å². The number of ether oxygens (including phenoxy) is 3. The molecule has 13 heteroatoms. The van der Waals surface area contributed by atoms with Crippen LogP contribution in [0.15, 0.2) is 41.8 Å². The fraction of sp³-hybridized carbons (Fsp3) is 0.423. The first-order chi connectivity index (χ1) is 18.5. The van der Waals surface area contributed by atoms with Gasteiger partial charge in [0, 0.05) is 30.4 Å². The fourth-order valence-electron chi connectivity index (χ4n) is 3.72. The summed E-state index contributed by atoms with van der Waals surface area (Å²) in [6, 6.07) is 5.22. The molecule has 1 aromatic carbocycles. The van der Waals surface area contributed by atoms with Crippen LogP contribution in [0.1, 0.15) is 57.9 Å². The second-order valence-corrected chi connectivity index (χ2v) is 11.0. The lowest BCUT2D eigenvalue weighted by molar-refractivity contribution is 0.00152. The Kier molecular flexibility index (Phi) is 9.76. The monoisotopic (exact) mass is 557 g/mol. The van der Waals surface area contributed by atoms with Crippen molar-refractivity contribution in [3.63, 3.8) is 0 Å². The number of hydrogen-bond acceptors (Lipinski definition) is 10. The predicted molar refractivity (Wildman–Crippen MR) is 150 cm³/mol. The number of anilines is 1. The van der Waals surface area contributed by atoms with Crippen molar-refractivity contribution in [2.24, 2.45) is 4.99 Å². The molecule has 0 aliphatic rings. The third-order valence-corrected chi connectivity index (χ3v) is 7.38. The highest BCUT2D eigenvalue weighted by Gasteiger charge is 2.36. The van der Waals surface area contributed by atoms with Crippen molar-refractivity contribution < 1.29 is 22.6 Å². The normalized spacial score (nSPS) is 14.0. The standard InChI is InChI=1S/C26H35N7O5S/c1-9-27-15-18(5)25-30-31-26(33(25)22-20(36-7)11-10-12-21(22)37-8)32-39(34,35)19(6)23(38-16(2)3)24-28-13-17(4)14-29-24/h9-16,19,23H,1-8H3,(H,31,32)/b18-15+,27-9-/t19-,23-/m1/s1.